The molecule has 0 saturated heterocycles. The number of benzene rings is 1. The van der Waals surface area contributed by atoms with Gasteiger partial charge in [0, 0.05) is 5.56 Å². The fourth-order valence-electron chi connectivity index (χ4n) is 1.63. The Morgan fingerprint density at radius 3 is 2.63 bits per heavy atom. The number of Topliss-reactive ketones (excluding diaryl/α,β-unsaturated/α-hetero) is 1. The molecule has 0 radical (unpaired) electrons. The number of ketones is 1. The predicted octanol–water partition coefficient (Wildman–Crippen LogP) is 4.90. The van der Waals surface area contributed by atoms with Gasteiger partial charge in [-0.1, -0.05) is 12.1 Å². The fraction of sp³-hybridized carbons (Fsp3) is 0.0769. The van der Waals surface area contributed by atoms with Crippen LogP contribution in [0.3, 0.4) is 0 Å². The second-order valence-corrected chi connectivity index (χ2v) is 7.47. The normalized spacial score (nSPS) is 11.9. The molecule has 0 spiro atoms. The zero-order valence-corrected chi connectivity index (χ0v) is 13.4. The largest absolute Gasteiger partial charge is 0.292 e. The van der Waals surface area contributed by atoms with Crippen molar-refractivity contribution in [1.29, 1.82) is 5.26 Å². The number of nitrogens with zero attached hydrogens (tertiary/aromatic N) is 1. The average molecular weight is 403 g/mol. The second kappa shape index (κ2) is 5.95. The maximum Gasteiger partial charge on any atom is 0.186 e. The highest BCUT2D eigenvalue weighted by Gasteiger charge is 2.25. The van der Waals surface area contributed by atoms with E-state index < -0.39 is 11.7 Å². The Balaban J connectivity index is 2.41. The van der Waals surface area contributed by atoms with Crippen LogP contribution in [0.1, 0.15) is 21.8 Å². The quantitative estimate of drug-likeness (QED) is 0.685. The van der Waals surface area contributed by atoms with E-state index in [9.17, 15) is 14.4 Å². The third-order valence-corrected chi connectivity index (χ3v) is 4.83. The summed E-state index contributed by atoms with van der Waals surface area (Å²) in [6.45, 7) is 0. The molecule has 0 bridgehead atoms. The van der Waals surface area contributed by atoms with Crippen LogP contribution in [0.4, 0.5) is 4.39 Å². The van der Waals surface area contributed by atoms with Crippen molar-refractivity contribution in [2.75, 3.05) is 0 Å². The molecule has 2 aromatic rings. The van der Waals surface area contributed by atoms with Gasteiger partial charge >= 0.3 is 0 Å². The van der Waals surface area contributed by atoms with Gasteiger partial charge in [0.25, 0.3) is 0 Å². The first-order chi connectivity index (χ1) is 9.02. The number of carbonyl (C=O) groups is 1. The first-order valence-electron chi connectivity index (χ1n) is 5.17. The summed E-state index contributed by atoms with van der Waals surface area (Å²) in [5, 5.41) is 9.18. The van der Waals surface area contributed by atoms with Crippen molar-refractivity contribution in [3.63, 3.8) is 0 Å². The van der Waals surface area contributed by atoms with Crippen molar-refractivity contribution in [3.8, 4) is 6.07 Å². The summed E-state index contributed by atoms with van der Waals surface area (Å²) in [4.78, 5) is 12.3. The van der Waals surface area contributed by atoms with Crippen molar-refractivity contribution in [2.24, 2.45) is 0 Å². The Bertz CT molecular complexity index is 678. The van der Waals surface area contributed by atoms with Crippen LogP contribution >= 0.6 is 43.2 Å². The van der Waals surface area contributed by atoms with E-state index in [0.29, 0.717) is 14.9 Å². The SMILES string of the molecule is N#CC(C(=O)c1cc(Br)sc1Br)c1cccc(F)c1. The molecule has 1 aromatic carbocycles. The van der Waals surface area contributed by atoms with Crippen LogP contribution in [0, 0.1) is 17.1 Å². The molecule has 1 aromatic heterocycles. The summed E-state index contributed by atoms with van der Waals surface area (Å²) in [5.74, 6) is -1.81. The van der Waals surface area contributed by atoms with Crippen LogP contribution in [0.25, 0.3) is 0 Å². The molecule has 0 aliphatic heterocycles. The van der Waals surface area contributed by atoms with E-state index in [1.54, 1.807) is 12.1 Å². The number of carbonyl (C=O) groups excluding carboxylic acids is 1. The number of rotatable bonds is 3. The van der Waals surface area contributed by atoms with Crippen molar-refractivity contribution < 1.29 is 9.18 Å². The summed E-state index contributed by atoms with van der Waals surface area (Å²) in [7, 11) is 0. The van der Waals surface area contributed by atoms with E-state index >= 15 is 0 Å². The van der Waals surface area contributed by atoms with Gasteiger partial charge in [-0.15, -0.1) is 11.3 Å². The van der Waals surface area contributed by atoms with Gasteiger partial charge in [-0.3, -0.25) is 4.79 Å². The maximum absolute atomic E-state index is 13.2. The highest BCUT2D eigenvalue weighted by atomic mass is 79.9. The van der Waals surface area contributed by atoms with Gasteiger partial charge in [0.1, 0.15) is 11.7 Å². The van der Waals surface area contributed by atoms with Crippen LogP contribution in [0.5, 0.6) is 0 Å². The number of nitriles is 1. The van der Waals surface area contributed by atoms with Crippen LogP contribution in [0.15, 0.2) is 37.9 Å². The van der Waals surface area contributed by atoms with Gasteiger partial charge < -0.3 is 0 Å². The number of halogens is 3. The lowest BCUT2D eigenvalue weighted by molar-refractivity contribution is 0.0978. The first kappa shape index (κ1) is 14.4. The minimum absolute atomic E-state index is 0.345. The average Bonchev–Trinajstić information content (AvgIpc) is 2.69. The molecule has 0 saturated carbocycles. The molecule has 6 heteroatoms. The van der Waals surface area contributed by atoms with E-state index in [-0.39, 0.29) is 5.78 Å². The van der Waals surface area contributed by atoms with Crippen LogP contribution in [-0.2, 0) is 0 Å². The number of hydrogen-bond donors (Lipinski definition) is 0. The Morgan fingerprint density at radius 1 is 1.37 bits per heavy atom. The molecule has 0 N–H and O–H groups in total. The van der Waals surface area contributed by atoms with Gasteiger partial charge in [0.05, 0.1) is 13.6 Å². The molecular formula is C13H6Br2FNOS. The number of hydrogen-bond acceptors (Lipinski definition) is 3. The van der Waals surface area contributed by atoms with Crippen molar-refractivity contribution >= 4 is 49.0 Å². The summed E-state index contributed by atoms with van der Waals surface area (Å²) in [5.41, 5.74) is 0.786. The minimum atomic E-state index is -1.01. The Hall–Kier alpha value is -1.03. The molecule has 19 heavy (non-hydrogen) atoms. The lowest BCUT2D eigenvalue weighted by Gasteiger charge is -2.07. The van der Waals surface area contributed by atoms with Crippen LogP contribution in [-0.4, -0.2) is 5.78 Å². The highest BCUT2D eigenvalue weighted by Crippen LogP contribution is 2.34. The Kier molecular flexibility index (Phi) is 4.50. The van der Waals surface area contributed by atoms with Crippen LogP contribution < -0.4 is 0 Å². The van der Waals surface area contributed by atoms with E-state index in [2.05, 4.69) is 31.9 Å². The van der Waals surface area contributed by atoms with Crippen molar-refractivity contribution in [3.05, 3.63) is 54.8 Å². The maximum atomic E-state index is 13.2. The third-order valence-electron chi connectivity index (χ3n) is 2.50. The zero-order chi connectivity index (χ0) is 14.0. The Labute approximate surface area is 130 Å². The van der Waals surface area contributed by atoms with E-state index in [1.165, 1.54) is 29.5 Å². The molecule has 96 valence electrons. The lowest BCUT2D eigenvalue weighted by Crippen LogP contribution is -2.11. The van der Waals surface area contributed by atoms with Crippen molar-refractivity contribution in [2.45, 2.75) is 5.92 Å². The molecule has 1 atom stereocenters. The monoisotopic (exact) mass is 401 g/mol. The van der Waals surface area contributed by atoms with Crippen molar-refractivity contribution in [1.82, 2.24) is 0 Å². The fourth-order valence-corrected chi connectivity index (χ4v) is 4.45. The third kappa shape index (κ3) is 3.11. The van der Waals surface area contributed by atoms with Crippen LogP contribution in [0.2, 0.25) is 0 Å². The molecule has 0 fully saturated rings. The highest BCUT2D eigenvalue weighted by molar-refractivity contribution is 9.12. The molecule has 2 rings (SSSR count). The molecule has 0 aliphatic carbocycles. The van der Waals surface area contributed by atoms with Gasteiger partial charge in [-0.05, 0) is 55.6 Å². The Morgan fingerprint density at radius 2 is 2.11 bits per heavy atom. The number of thiophene rings is 1. The summed E-state index contributed by atoms with van der Waals surface area (Å²) < 4.78 is 14.6. The minimum Gasteiger partial charge on any atom is -0.292 e. The summed E-state index contributed by atoms with van der Waals surface area (Å²) >= 11 is 7.92. The van der Waals surface area contributed by atoms with Gasteiger partial charge in [0.2, 0.25) is 0 Å². The first-order valence-corrected chi connectivity index (χ1v) is 7.57. The predicted molar refractivity (Wildman–Crippen MR) is 78.8 cm³/mol. The smallest absolute Gasteiger partial charge is 0.186 e. The van der Waals surface area contributed by atoms with Gasteiger partial charge in [-0.25, -0.2) is 4.39 Å². The van der Waals surface area contributed by atoms with E-state index in [4.69, 9.17) is 0 Å². The lowest BCUT2D eigenvalue weighted by atomic mass is 9.93. The molecule has 0 amide bonds. The summed E-state index contributed by atoms with van der Waals surface area (Å²) in [6.07, 6.45) is 0. The summed E-state index contributed by atoms with van der Waals surface area (Å²) in [6, 6.07) is 9.13. The topological polar surface area (TPSA) is 40.9 Å². The van der Waals surface area contributed by atoms with Gasteiger partial charge in [-0.2, -0.15) is 5.26 Å². The zero-order valence-electron chi connectivity index (χ0n) is 9.36. The standard InChI is InChI=1S/C13H6Br2FNOS/c14-11-5-9(13(15)19-11)12(18)10(6-17)7-2-1-3-8(16)4-7/h1-5,10H. The molecule has 1 heterocycles. The van der Waals surface area contributed by atoms with E-state index in [0.717, 1.165) is 3.79 Å². The molecule has 2 nitrogen and oxygen atoms in total. The van der Waals surface area contributed by atoms with E-state index in [1.807, 2.05) is 6.07 Å². The second-order valence-electron chi connectivity index (χ2n) is 3.72. The molecular weight excluding hydrogens is 397 g/mol. The molecule has 0 aliphatic rings. The molecule has 1 unspecified atom stereocenters. The van der Waals surface area contributed by atoms with Gasteiger partial charge in [0.15, 0.2) is 5.78 Å².